The standard InChI is InChI=1S/C22H27NO2/c24-21-11-10-16-13-18(9-8-17(16)14-21)22(25)19-5-4-12-23(15-19)20-6-2-1-3-7-20/h8-11,13-14,19-20,24H,1-7,12,15H2. The second-order valence-electron chi connectivity index (χ2n) is 7.74. The quantitative estimate of drug-likeness (QED) is 0.820. The van der Waals surface area contributed by atoms with Gasteiger partial charge >= 0.3 is 0 Å². The number of rotatable bonds is 3. The number of aromatic hydroxyl groups is 1. The van der Waals surface area contributed by atoms with Gasteiger partial charge in [0.15, 0.2) is 5.78 Å². The van der Waals surface area contributed by atoms with Gasteiger partial charge in [-0.3, -0.25) is 9.69 Å². The number of ketones is 1. The van der Waals surface area contributed by atoms with Gasteiger partial charge in [0.05, 0.1) is 0 Å². The number of phenolic OH excluding ortho intramolecular Hbond substituents is 1. The summed E-state index contributed by atoms with van der Waals surface area (Å²) in [7, 11) is 0. The van der Waals surface area contributed by atoms with Crippen LogP contribution in [0, 0.1) is 5.92 Å². The molecular weight excluding hydrogens is 310 g/mol. The number of piperidine rings is 1. The molecule has 1 heterocycles. The number of likely N-dealkylation sites (tertiary alicyclic amines) is 1. The van der Waals surface area contributed by atoms with Crippen LogP contribution in [0.5, 0.6) is 5.75 Å². The maximum Gasteiger partial charge on any atom is 0.167 e. The van der Waals surface area contributed by atoms with Crippen LogP contribution >= 0.6 is 0 Å². The summed E-state index contributed by atoms with van der Waals surface area (Å²) in [4.78, 5) is 15.7. The van der Waals surface area contributed by atoms with E-state index in [0.29, 0.717) is 6.04 Å². The molecule has 132 valence electrons. The Labute approximate surface area is 149 Å². The lowest BCUT2D eigenvalue weighted by molar-refractivity contribution is 0.0698. The minimum Gasteiger partial charge on any atom is -0.508 e. The SMILES string of the molecule is O=C(c1ccc2cc(O)ccc2c1)C1CCCN(C2CCCCC2)C1. The Bertz CT molecular complexity index is 764. The minimum absolute atomic E-state index is 0.130. The van der Waals surface area contributed by atoms with Crippen LogP contribution in [0.4, 0.5) is 0 Å². The van der Waals surface area contributed by atoms with Gasteiger partial charge in [-0.05, 0) is 61.2 Å². The summed E-state index contributed by atoms with van der Waals surface area (Å²) in [6, 6.07) is 11.9. The molecule has 1 unspecified atom stereocenters. The van der Waals surface area contributed by atoms with Crippen LogP contribution in [0.2, 0.25) is 0 Å². The number of fused-ring (bicyclic) bond motifs is 1. The van der Waals surface area contributed by atoms with Crippen molar-refractivity contribution in [3.63, 3.8) is 0 Å². The first-order valence-corrected chi connectivity index (χ1v) is 9.72. The fourth-order valence-corrected chi connectivity index (χ4v) is 4.62. The fraction of sp³-hybridized carbons (Fsp3) is 0.500. The zero-order chi connectivity index (χ0) is 17.2. The third-order valence-corrected chi connectivity index (χ3v) is 6.02. The van der Waals surface area contributed by atoms with Crippen LogP contribution in [-0.2, 0) is 0 Å². The molecule has 4 rings (SSSR count). The highest BCUT2D eigenvalue weighted by Gasteiger charge is 2.30. The third kappa shape index (κ3) is 3.57. The van der Waals surface area contributed by atoms with E-state index in [9.17, 15) is 9.90 Å². The second-order valence-corrected chi connectivity index (χ2v) is 7.74. The maximum atomic E-state index is 13.1. The predicted octanol–water partition coefficient (Wildman–Crippen LogP) is 4.77. The molecule has 3 nitrogen and oxygen atoms in total. The second kappa shape index (κ2) is 7.17. The first kappa shape index (κ1) is 16.6. The van der Waals surface area contributed by atoms with Crippen molar-refractivity contribution < 1.29 is 9.90 Å². The molecule has 3 heteroatoms. The molecule has 0 aromatic heterocycles. The molecule has 2 aromatic carbocycles. The summed E-state index contributed by atoms with van der Waals surface area (Å²) < 4.78 is 0. The van der Waals surface area contributed by atoms with E-state index in [0.717, 1.165) is 42.3 Å². The van der Waals surface area contributed by atoms with Crippen molar-refractivity contribution >= 4 is 16.6 Å². The van der Waals surface area contributed by atoms with Gasteiger partial charge in [-0.25, -0.2) is 0 Å². The molecule has 1 aliphatic carbocycles. The molecule has 0 spiro atoms. The number of benzene rings is 2. The summed E-state index contributed by atoms with van der Waals surface area (Å²) in [6.45, 7) is 2.09. The number of carbonyl (C=O) groups excluding carboxylic acids is 1. The average molecular weight is 337 g/mol. The molecule has 25 heavy (non-hydrogen) atoms. The minimum atomic E-state index is 0.130. The molecule has 2 aromatic rings. The monoisotopic (exact) mass is 337 g/mol. The number of phenols is 1. The third-order valence-electron chi connectivity index (χ3n) is 6.02. The van der Waals surface area contributed by atoms with E-state index in [1.807, 2.05) is 24.3 Å². The number of hydrogen-bond acceptors (Lipinski definition) is 3. The van der Waals surface area contributed by atoms with Gasteiger partial charge in [0.2, 0.25) is 0 Å². The van der Waals surface area contributed by atoms with Gasteiger partial charge in [0.25, 0.3) is 0 Å². The summed E-state index contributed by atoms with van der Waals surface area (Å²) in [6.07, 6.45) is 8.82. The van der Waals surface area contributed by atoms with Gasteiger partial charge in [0.1, 0.15) is 5.75 Å². The van der Waals surface area contributed by atoms with Crippen LogP contribution in [0.1, 0.15) is 55.3 Å². The van der Waals surface area contributed by atoms with Crippen LogP contribution < -0.4 is 0 Å². The van der Waals surface area contributed by atoms with Gasteiger partial charge in [-0.2, -0.15) is 0 Å². The first-order chi connectivity index (χ1) is 12.2. The molecule has 0 amide bonds. The zero-order valence-electron chi connectivity index (χ0n) is 14.8. The van der Waals surface area contributed by atoms with Gasteiger partial charge in [-0.1, -0.05) is 37.5 Å². The lowest BCUT2D eigenvalue weighted by Gasteiger charge is -2.39. The lowest BCUT2D eigenvalue weighted by Crippen LogP contribution is -2.45. The highest BCUT2D eigenvalue weighted by atomic mass is 16.3. The van der Waals surface area contributed by atoms with E-state index >= 15 is 0 Å². The Morgan fingerprint density at radius 3 is 2.52 bits per heavy atom. The van der Waals surface area contributed by atoms with Crippen LogP contribution in [0.3, 0.4) is 0 Å². The van der Waals surface area contributed by atoms with Crippen molar-refractivity contribution in [1.29, 1.82) is 0 Å². The number of carbonyl (C=O) groups is 1. The van der Waals surface area contributed by atoms with E-state index in [-0.39, 0.29) is 17.5 Å². The highest BCUT2D eigenvalue weighted by molar-refractivity contribution is 6.01. The molecule has 2 fully saturated rings. The Kier molecular flexibility index (Phi) is 4.76. The Balaban J connectivity index is 1.50. The van der Waals surface area contributed by atoms with Crippen LogP contribution in [0.25, 0.3) is 10.8 Å². The van der Waals surface area contributed by atoms with Gasteiger partial charge < -0.3 is 5.11 Å². The van der Waals surface area contributed by atoms with Gasteiger partial charge in [0, 0.05) is 24.1 Å². The fourth-order valence-electron chi connectivity index (χ4n) is 4.62. The van der Waals surface area contributed by atoms with Gasteiger partial charge in [-0.15, -0.1) is 0 Å². The van der Waals surface area contributed by atoms with E-state index in [4.69, 9.17) is 0 Å². The molecule has 1 atom stereocenters. The van der Waals surface area contributed by atoms with E-state index in [1.165, 1.54) is 32.1 Å². The molecule has 0 bridgehead atoms. The maximum absolute atomic E-state index is 13.1. The Morgan fingerprint density at radius 1 is 0.920 bits per heavy atom. The van der Waals surface area contributed by atoms with Crippen LogP contribution in [0.15, 0.2) is 36.4 Å². The summed E-state index contributed by atoms with van der Waals surface area (Å²) in [5.41, 5.74) is 0.814. The molecule has 0 radical (unpaired) electrons. The largest absolute Gasteiger partial charge is 0.508 e. The zero-order valence-corrected chi connectivity index (χ0v) is 14.8. The average Bonchev–Trinajstić information content (AvgIpc) is 2.68. The summed E-state index contributed by atoms with van der Waals surface area (Å²) >= 11 is 0. The number of hydrogen-bond donors (Lipinski definition) is 1. The Hall–Kier alpha value is -1.87. The summed E-state index contributed by atoms with van der Waals surface area (Å²) in [5.74, 6) is 0.683. The predicted molar refractivity (Wildman–Crippen MR) is 101 cm³/mol. The molecule has 1 N–H and O–H groups in total. The van der Waals surface area contributed by atoms with Crippen molar-refractivity contribution in [3.05, 3.63) is 42.0 Å². The Morgan fingerprint density at radius 2 is 1.68 bits per heavy atom. The smallest absolute Gasteiger partial charge is 0.167 e. The topological polar surface area (TPSA) is 40.5 Å². The van der Waals surface area contributed by atoms with Crippen molar-refractivity contribution in [2.75, 3.05) is 13.1 Å². The molecule has 2 aliphatic rings. The van der Waals surface area contributed by atoms with E-state index in [1.54, 1.807) is 12.1 Å². The summed E-state index contributed by atoms with van der Waals surface area (Å²) in [5, 5.41) is 11.6. The highest BCUT2D eigenvalue weighted by Crippen LogP contribution is 2.29. The molecule has 1 saturated heterocycles. The van der Waals surface area contributed by atoms with E-state index < -0.39 is 0 Å². The van der Waals surface area contributed by atoms with Crippen molar-refractivity contribution in [3.8, 4) is 5.75 Å². The van der Waals surface area contributed by atoms with Crippen molar-refractivity contribution in [1.82, 2.24) is 4.90 Å². The molecule has 1 aliphatic heterocycles. The molecular formula is C22H27NO2. The number of Topliss-reactive ketones (excluding diaryl/α,β-unsaturated/α-hetero) is 1. The number of nitrogens with zero attached hydrogens (tertiary/aromatic N) is 1. The first-order valence-electron chi connectivity index (χ1n) is 9.72. The van der Waals surface area contributed by atoms with E-state index in [2.05, 4.69) is 4.90 Å². The molecule has 1 saturated carbocycles. The lowest BCUT2D eigenvalue weighted by atomic mass is 9.86. The van der Waals surface area contributed by atoms with Crippen molar-refractivity contribution in [2.24, 2.45) is 5.92 Å². The van der Waals surface area contributed by atoms with Crippen molar-refractivity contribution in [2.45, 2.75) is 51.0 Å². The van der Waals surface area contributed by atoms with Crippen LogP contribution in [-0.4, -0.2) is 34.9 Å². The normalized spacial score (nSPS) is 23.0.